The van der Waals surface area contributed by atoms with E-state index in [0.717, 1.165) is 5.56 Å². The normalized spacial score (nSPS) is 12.6. The second-order valence-corrected chi connectivity index (χ2v) is 6.46. The van der Waals surface area contributed by atoms with Gasteiger partial charge in [0.2, 0.25) is 5.89 Å². The minimum absolute atomic E-state index is 0.0699. The third-order valence-corrected chi connectivity index (χ3v) is 3.12. The van der Waals surface area contributed by atoms with Crippen LogP contribution in [0, 0.1) is 0 Å². The molecule has 0 unspecified atom stereocenters. The fourth-order valence-electron chi connectivity index (χ4n) is 2.14. The first-order valence-corrected chi connectivity index (χ1v) is 7.80. The molecular formula is C17H21N3O5. The molecule has 0 fully saturated rings. The number of aromatic nitrogens is 2. The van der Waals surface area contributed by atoms with Gasteiger partial charge in [-0.2, -0.15) is 0 Å². The highest BCUT2D eigenvalue weighted by Crippen LogP contribution is 2.18. The minimum atomic E-state index is -1.30. The predicted molar refractivity (Wildman–Crippen MR) is 88.0 cm³/mol. The molecule has 1 aromatic heterocycles. The first kappa shape index (κ1) is 18.6. The van der Waals surface area contributed by atoms with E-state index in [4.69, 9.17) is 14.3 Å². The van der Waals surface area contributed by atoms with Crippen LogP contribution in [0.5, 0.6) is 0 Å². The highest BCUT2D eigenvalue weighted by Gasteiger charge is 2.23. The Hall–Kier alpha value is -2.74. The van der Waals surface area contributed by atoms with Crippen LogP contribution in [0.1, 0.15) is 49.0 Å². The largest absolute Gasteiger partial charge is 0.474 e. The van der Waals surface area contributed by atoms with Crippen molar-refractivity contribution in [2.24, 2.45) is 0 Å². The Morgan fingerprint density at radius 3 is 2.48 bits per heavy atom. The number of carboxylic acids is 1. The zero-order valence-electron chi connectivity index (χ0n) is 14.4. The second-order valence-electron chi connectivity index (χ2n) is 6.46. The van der Waals surface area contributed by atoms with Crippen LogP contribution in [0.25, 0.3) is 0 Å². The maximum atomic E-state index is 11.9. The summed E-state index contributed by atoms with van der Waals surface area (Å²) < 4.78 is 10.4. The van der Waals surface area contributed by atoms with Crippen LogP contribution >= 0.6 is 0 Å². The summed E-state index contributed by atoms with van der Waals surface area (Å²) in [6, 6.07) is 8.97. The van der Waals surface area contributed by atoms with Crippen molar-refractivity contribution in [1.29, 1.82) is 0 Å². The first-order valence-electron chi connectivity index (χ1n) is 7.80. The summed E-state index contributed by atoms with van der Waals surface area (Å²) in [5, 5.41) is 19.2. The number of esters is 1. The predicted octanol–water partition coefficient (Wildman–Crippen LogP) is 1.98. The van der Waals surface area contributed by atoms with E-state index in [1.807, 2.05) is 30.3 Å². The van der Waals surface area contributed by atoms with Crippen LogP contribution in [0.2, 0.25) is 0 Å². The van der Waals surface area contributed by atoms with Crippen molar-refractivity contribution >= 4 is 11.9 Å². The van der Waals surface area contributed by atoms with Gasteiger partial charge in [-0.05, 0) is 32.8 Å². The van der Waals surface area contributed by atoms with Gasteiger partial charge in [-0.3, -0.25) is 10.1 Å². The smallest absolute Gasteiger partial charge is 0.393 e. The Morgan fingerprint density at radius 1 is 1.24 bits per heavy atom. The third-order valence-electron chi connectivity index (χ3n) is 3.12. The van der Waals surface area contributed by atoms with Gasteiger partial charge in [0.15, 0.2) is 0 Å². The van der Waals surface area contributed by atoms with Crippen LogP contribution < -0.4 is 5.32 Å². The summed E-state index contributed by atoms with van der Waals surface area (Å²) in [5.74, 6) is -2.12. The number of nitrogens with one attached hydrogen (secondary N) is 1. The number of carbonyl (C=O) groups is 2. The van der Waals surface area contributed by atoms with Crippen LogP contribution in [0.4, 0.5) is 0 Å². The van der Waals surface area contributed by atoms with Crippen LogP contribution in [0.15, 0.2) is 34.7 Å². The lowest BCUT2D eigenvalue weighted by atomic mass is 10.1. The molecule has 134 valence electrons. The minimum Gasteiger partial charge on any atom is -0.474 e. The molecule has 0 aliphatic rings. The Bertz CT molecular complexity index is 721. The number of benzene rings is 1. The Kier molecular flexibility index (Phi) is 5.87. The summed E-state index contributed by atoms with van der Waals surface area (Å²) in [7, 11) is 0. The Balaban J connectivity index is 2.11. The number of rotatable bonds is 7. The molecule has 0 spiro atoms. The zero-order chi connectivity index (χ0) is 18.4. The van der Waals surface area contributed by atoms with E-state index < -0.39 is 29.5 Å². The van der Waals surface area contributed by atoms with Gasteiger partial charge in [-0.15, -0.1) is 10.2 Å². The number of nitrogens with zero attached hydrogens (tertiary/aromatic N) is 2. The van der Waals surface area contributed by atoms with E-state index in [1.165, 1.54) is 0 Å². The van der Waals surface area contributed by atoms with Crippen molar-refractivity contribution in [2.75, 3.05) is 6.54 Å². The van der Waals surface area contributed by atoms with Crippen molar-refractivity contribution in [3.05, 3.63) is 47.7 Å². The average molecular weight is 347 g/mol. The molecule has 8 heteroatoms. The molecule has 25 heavy (non-hydrogen) atoms. The van der Waals surface area contributed by atoms with Gasteiger partial charge in [0.25, 0.3) is 0 Å². The molecule has 2 N–H and O–H groups in total. The standard InChI is InChI=1S/C17H21N3O5/c1-17(2,3)25-13(21)10-18-12(9-11-7-5-4-6-8-11)14-19-20-15(24-14)16(22)23/h4-8,12,18H,9-10H2,1-3H3,(H,22,23)/t12-/m1/s1. The lowest BCUT2D eigenvalue weighted by molar-refractivity contribution is -0.153. The Morgan fingerprint density at radius 2 is 1.92 bits per heavy atom. The molecular weight excluding hydrogens is 326 g/mol. The molecule has 0 saturated heterocycles. The fourth-order valence-corrected chi connectivity index (χ4v) is 2.14. The fraction of sp³-hybridized carbons (Fsp3) is 0.412. The molecule has 0 aliphatic heterocycles. The van der Waals surface area contributed by atoms with Gasteiger partial charge >= 0.3 is 17.8 Å². The molecule has 0 radical (unpaired) electrons. The summed E-state index contributed by atoms with van der Waals surface area (Å²) in [6.45, 7) is 5.27. The lowest BCUT2D eigenvalue weighted by Gasteiger charge is -2.21. The van der Waals surface area contributed by atoms with Crippen molar-refractivity contribution in [3.8, 4) is 0 Å². The van der Waals surface area contributed by atoms with Crippen molar-refractivity contribution < 1.29 is 23.8 Å². The quantitative estimate of drug-likeness (QED) is 0.731. The summed E-state index contributed by atoms with van der Waals surface area (Å²) >= 11 is 0. The average Bonchev–Trinajstić information content (AvgIpc) is 3.01. The summed E-state index contributed by atoms with van der Waals surface area (Å²) in [5.41, 5.74) is 0.383. The van der Waals surface area contributed by atoms with Crippen LogP contribution in [-0.4, -0.2) is 39.4 Å². The molecule has 2 rings (SSSR count). The molecule has 1 atom stereocenters. The summed E-state index contributed by atoms with van der Waals surface area (Å²) in [6.07, 6.45) is 0.449. The molecule has 1 aromatic carbocycles. The van der Waals surface area contributed by atoms with Crippen LogP contribution in [-0.2, 0) is 16.0 Å². The maximum Gasteiger partial charge on any atom is 0.393 e. The number of hydrogen-bond acceptors (Lipinski definition) is 7. The van der Waals surface area contributed by atoms with Crippen molar-refractivity contribution in [1.82, 2.24) is 15.5 Å². The van der Waals surface area contributed by atoms with Gasteiger partial charge < -0.3 is 14.3 Å². The number of hydrogen-bond donors (Lipinski definition) is 2. The highest BCUT2D eigenvalue weighted by atomic mass is 16.6. The Labute approximate surface area is 145 Å². The van der Waals surface area contributed by atoms with Gasteiger partial charge in [-0.25, -0.2) is 4.79 Å². The van der Waals surface area contributed by atoms with Gasteiger partial charge in [0.05, 0.1) is 12.6 Å². The van der Waals surface area contributed by atoms with Gasteiger partial charge in [-0.1, -0.05) is 30.3 Å². The second kappa shape index (κ2) is 7.89. The SMILES string of the molecule is CC(C)(C)OC(=O)CN[C@H](Cc1ccccc1)c1nnc(C(=O)O)o1. The maximum absolute atomic E-state index is 11.9. The molecule has 2 aromatic rings. The molecule has 0 saturated carbocycles. The van der Waals surface area contributed by atoms with Crippen molar-refractivity contribution in [2.45, 2.75) is 38.8 Å². The van der Waals surface area contributed by atoms with Gasteiger partial charge in [0, 0.05) is 0 Å². The molecule has 0 aliphatic carbocycles. The van der Waals surface area contributed by atoms with Crippen LogP contribution in [0.3, 0.4) is 0 Å². The van der Waals surface area contributed by atoms with E-state index >= 15 is 0 Å². The molecule has 0 bridgehead atoms. The number of carbonyl (C=O) groups excluding carboxylic acids is 1. The van der Waals surface area contributed by atoms with E-state index in [0.29, 0.717) is 6.42 Å². The monoisotopic (exact) mass is 347 g/mol. The topological polar surface area (TPSA) is 115 Å². The zero-order valence-corrected chi connectivity index (χ0v) is 14.4. The van der Waals surface area contributed by atoms with E-state index in [9.17, 15) is 9.59 Å². The third kappa shape index (κ3) is 6.00. The highest BCUT2D eigenvalue weighted by molar-refractivity contribution is 5.81. The first-order chi connectivity index (χ1) is 11.7. The van der Waals surface area contributed by atoms with Crippen molar-refractivity contribution in [3.63, 3.8) is 0 Å². The van der Waals surface area contributed by atoms with E-state index in [-0.39, 0.29) is 12.4 Å². The molecule has 8 nitrogen and oxygen atoms in total. The summed E-state index contributed by atoms with van der Waals surface area (Å²) in [4.78, 5) is 22.8. The number of ether oxygens (including phenoxy) is 1. The molecule has 0 amide bonds. The molecule has 1 heterocycles. The van der Waals surface area contributed by atoms with E-state index in [2.05, 4.69) is 15.5 Å². The number of carboxylic acid groups (broad SMARTS) is 1. The number of aromatic carboxylic acids is 1. The van der Waals surface area contributed by atoms with E-state index in [1.54, 1.807) is 20.8 Å². The van der Waals surface area contributed by atoms with Gasteiger partial charge in [0.1, 0.15) is 5.60 Å². The lowest BCUT2D eigenvalue weighted by Crippen LogP contribution is -2.34.